The van der Waals surface area contributed by atoms with E-state index in [9.17, 15) is 9.59 Å². The molecule has 0 saturated heterocycles. The van der Waals surface area contributed by atoms with Gasteiger partial charge >= 0.3 is 0 Å². The van der Waals surface area contributed by atoms with Gasteiger partial charge in [-0.25, -0.2) is 15.0 Å². The number of aromatic nitrogens is 3. The number of pyridine rings is 1. The number of hydrogen-bond acceptors (Lipinski definition) is 7. The first-order valence-corrected chi connectivity index (χ1v) is 11.7. The number of carbonyl (C=O) groups excluding carboxylic acids is 2. The molecule has 2 aromatic heterocycles. The zero-order chi connectivity index (χ0) is 24.6. The lowest BCUT2D eigenvalue weighted by molar-refractivity contribution is -0.0760. The molecule has 1 spiro atoms. The van der Waals surface area contributed by atoms with E-state index in [0.717, 1.165) is 36.9 Å². The van der Waals surface area contributed by atoms with Crippen LogP contribution in [-0.4, -0.2) is 57.9 Å². The zero-order valence-electron chi connectivity index (χ0n) is 19.8. The fraction of sp³-hybridized carbons (Fsp3) is 0.346. The molecular formula is C26H28N6O3. The van der Waals surface area contributed by atoms with Crippen LogP contribution in [0.25, 0.3) is 11.3 Å². The van der Waals surface area contributed by atoms with Crippen LogP contribution in [0.2, 0.25) is 0 Å². The molecule has 0 aliphatic heterocycles. The van der Waals surface area contributed by atoms with Gasteiger partial charge in [0.05, 0.1) is 5.69 Å². The summed E-state index contributed by atoms with van der Waals surface area (Å²) in [5.41, 5.74) is 8.37. The van der Waals surface area contributed by atoms with Crippen molar-refractivity contribution in [3.05, 3.63) is 66.0 Å². The van der Waals surface area contributed by atoms with E-state index in [4.69, 9.17) is 10.5 Å². The predicted molar refractivity (Wildman–Crippen MR) is 131 cm³/mol. The summed E-state index contributed by atoms with van der Waals surface area (Å²) in [5.74, 6) is 0.355. The Bertz CT molecular complexity index is 1250. The molecule has 2 amide bonds. The van der Waals surface area contributed by atoms with Gasteiger partial charge in [0.2, 0.25) is 11.8 Å². The summed E-state index contributed by atoms with van der Waals surface area (Å²) in [6.45, 7) is 0. The maximum atomic E-state index is 12.1. The van der Waals surface area contributed by atoms with Crippen molar-refractivity contribution in [1.29, 1.82) is 0 Å². The second-order valence-electron chi connectivity index (χ2n) is 9.66. The number of rotatable bonds is 7. The summed E-state index contributed by atoms with van der Waals surface area (Å²) in [7, 11) is 3.47. The highest BCUT2D eigenvalue weighted by atomic mass is 16.5. The molecule has 1 aromatic carbocycles. The molecule has 9 nitrogen and oxygen atoms in total. The van der Waals surface area contributed by atoms with Crippen LogP contribution in [0.15, 0.2) is 54.9 Å². The standard InChI is InChI=1S/C26H28N6O3/c1-32(2)24(34)17-7-5-16(6-8-17)21-9-11-29-25(31-21)30-18-12-26(13-18)14-19(15-26)35-23-20(22(27)33)4-3-10-28-23/h3-11,18-19H,12-15H2,1-2H3,(H2,27,33)(H,29,30,31). The first-order valence-electron chi connectivity index (χ1n) is 11.7. The highest BCUT2D eigenvalue weighted by Crippen LogP contribution is 2.57. The average molecular weight is 473 g/mol. The molecule has 2 aliphatic carbocycles. The minimum Gasteiger partial charge on any atom is -0.474 e. The van der Waals surface area contributed by atoms with Crippen molar-refractivity contribution in [1.82, 2.24) is 19.9 Å². The first-order chi connectivity index (χ1) is 16.8. The number of primary amides is 1. The van der Waals surface area contributed by atoms with Crippen molar-refractivity contribution < 1.29 is 14.3 Å². The molecule has 0 atom stereocenters. The zero-order valence-corrected chi connectivity index (χ0v) is 19.8. The minimum absolute atomic E-state index is 0.0301. The molecule has 180 valence electrons. The first kappa shape index (κ1) is 22.8. The molecule has 3 aromatic rings. The van der Waals surface area contributed by atoms with Gasteiger partial charge in [0.25, 0.3) is 11.8 Å². The van der Waals surface area contributed by atoms with E-state index in [-0.39, 0.29) is 17.4 Å². The summed E-state index contributed by atoms with van der Waals surface area (Å²) in [6, 6.07) is 12.9. The van der Waals surface area contributed by atoms with Gasteiger partial charge in [-0.2, -0.15) is 0 Å². The van der Waals surface area contributed by atoms with E-state index in [1.165, 1.54) is 0 Å². The molecule has 9 heteroatoms. The molecule has 2 heterocycles. The van der Waals surface area contributed by atoms with Crippen LogP contribution in [0.1, 0.15) is 46.4 Å². The summed E-state index contributed by atoms with van der Waals surface area (Å²) >= 11 is 0. The highest BCUT2D eigenvalue weighted by molar-refractivity contribution is 5.95. The molecule has 2 saturated carbocycles. The van der Waals surface area contributed by atoms with Crippen molar-refractivity contribution in [3.63, 3.8) is 0 Å². The summed E-state index contributed by atoms with van der Waals surface area (Å²) in [6.07, 6.45) is 7.29. The Labute approximate surface area is 203 Å². The van der Waals surface area contributed by atoms with Crippen molar-refractivity contribution in [2.75, 3.05) is 19.4 Å². The van der Waals surface area contributed by atoms with Crippen LogP contribution in [0.5, 0.6) is 5.88 Å². The topological polar surface area (TPSA) is 123 Å². The Morgan fingerprint density at radius 2 is 1.77 bits per heavy atom. The maximum absolute atomic E-state index is 12.1. The minimum atomic E-state index is -0.532. The number of hydrogen-bond donors (Lipinski definition) is 2. The Kier molecular flexibility index (Phi) is 5.84. The summed E-state index contributed by atoms with van der Waals surface area (Å²) in [5, 5.41) is 3.45. The van der Waals surface area contributed by atoms with Gasteiger partial charge < -0.3 is 20.7 Å². The Morgan fingerprint density at radius 1 is 1.03 bits per heavy atom. The molecule has 0 bridgehead atoms. The average Bonchev–Trinajstić information content (AvgIpc) is 2.81. The molecule has 35 heavy (non-hydrogen) atoms. The smallest absolute Gasteiger partial charge is 0.254 e. The number of anilines is 1. The Hall–Kier alpha value is -4.01. The Balaban J connectivity index is 1.14. The summed E-state index contributed by atoms with van der Waals surface area (Å²) < 4.78 is 5.95. The molecule has 3 N–H and O–H groups in total. The van der Waals surface area contributed by atoms with Crippen molar-refractivity contribution in [3.8, 4) is 17.1 Å². The maximum Gasteiger partial charge on any atom is 0.254 e. The number of nitrogens with two attached hydrogens (primary N) is 1. The lowest BCUT2D eigenvalue weighted by Gasteiger charge is -2.57. The highest BCUT2D eigenvalue weighted by Gasteiger charge is 2.54. The SMILES string of the molecule is CN(C)C(=O)c1ccc(-c2ccnc(NC3CC4(C3)CC(Oc3ncccc3C(N)=O)C4)n2)cc1. The van der Waals surface area contributed by atoms with E-state index in [0.29, 0.717) is 29.0 Å². The van der Waals surface area contributed by atoms with Crippen molar-refractivity contribution in [2.45, 2.75) is 37.8 Å². The van der Waals surface area contributed by atoms with Crippen LogP contribution in [0, 0.1) is 5.41 Å². The normalized spacial score (nSPS) is 22.6. The number of nitrogens with one attached hydrogen (secondary N) is 1. The monoisotopic (exact) mass is 472 g/mol. The Morgan fingerprint density at radius 3 is 2.46 bits per heavy atom. The fourth-order valence-electron chi connectivity index (χ4n) is 5.05. The van der Waals surface area contributed by atoms with Gasteiger partial charge in [0, 0.05) is 43.7 Å². The third kappa shape index (κ3) is 4.66. The number of nitrogens with zero attached hydrogens (tertiary/aromatic N) is 4. The van der Waals surface area contributed by atoms with Crippen LogP contribution in [-0.2, 0) is 0 Å². The van der Waals surface area contributed by atoms with Crippen LogP contribution < -0.4 is 15.8 Å². The quantitative estimate of drug-likeness (QED) is 0.541. The third-order valence-electron chi connectivity index (χ3n) is 6.82. The second kappa shape index (κ2) is 8.98. The van der Waals surface area contributed by atoms with Gasteiger partial charge in [-0.1, -0.05) is 12.1 Å². The molecule has 0 unspecified atom stereocenters. The lowest BCUT2D eigenvalue weighted by Crippen LogP contribution is -2.56. The third-order valence-corrected chi connectivity index (χ3v) is 6.82. The fourth-order valence-corrected chi connectivity index (χ4v) is 5.05. The second-order valence-corrected chi connectivity index (χ2v) is 9.66. The van der Waals surface area contributed by atoms with E-state index in [2.05, 4.69) is 20.3 Å². The van der Waals surface area contributed by atoms with E-state index >= 15 is 0 Å². The molecule has 0 radical (unpaired) electrons. The summed E-state index contributed by atoms with van der Waals surface area (Å²) in [4.78, 5) is 38.4. The van der Waals surface area contributed by atoms with E-state index in [1.807, 2.05) is 30.3 Å². The van der Waals surface area contributed by atoms with Crippen LogP contribution in [0.4, 0.5) is 5.95 Å². The lowest BCUT2D eigenvalue weighted by atomic mass is 9.53. The molecular weight excluding hydrogens is 444 g/mol. The van der Waals surface area contributed by atoms with Crippen LogP contribution >= 0.6 is 0 Å². The van der Waals surface area contributed by atoms with E-state index in [1.54, 1.807) is 43.5 Å². The van der Waals surface area contributed by atoms with Crippen molar-refractivity contribution >= 4 is 17.8 Å². The number of benzene rings is 1. The molecule has 2 fully saturated rings. The largest absolute Gasteiger partial charge is 0.474 e. The van der Waals surface area contributed by atoms with Crippen LogP contribution in [0.3, 0.4) is 0 Å². The molecule has 5 rings (SSSR count). The van der Waals surface area contributed by atoms with Crippen molar-refractivity contribution in [2.24, 2.45) is 11.1 Å². The van der Waals surface area contributed by atoms with E-state index < -0.39 is 5.91 Å². The van der Waals surface area contributed by atoms with Gasteiger partial charge in [0.1, 0.15) is 11.7 Å². The number of ether oxygens (including phenoxy) is 1. The number of amides is 2. The predicted octanol–water partition coefficient (Wildman–Crippen LogP) is 3.14. The van der Waals surface area contributed by atoms with Gasteiger partial charge in [0.15, 0.2) is 0 Å². The number of carbonyl (C=O) groups is 2. The van der Waals surface area contributed by atoms with Gasteiger partial charge in [-0.3, -0.25) is 9.59 Å². The van der Waals surface area contributed by atoms with Gasteiger partial charge in [-0.15, -0.1) is 0 Å². The molecule has 2 aliphatic rings. The van der Waals surface area contributed by atoms with Gasteiger partial charge in [-0.05, 0) is 61.4 Å².